The number of ether oxygens (including phenoxy) is 1. The van der Waals surface area contributed by atoms with E-state index in [1.807, 2.05) is 50.4 Å². The van der Waals surface area contributed by atoms with Crippen LogP contribution in [0, 0.1) is 5.82 Å². The van der Waals surface area contributed by atoms with Crippen LogP contribution in [0.3, 0.4) is 0 Å². The van der Waals surface area contributed by atoms with Crippen molar-refractivity contribution in [2.45, 2.75) is 6.92 Å². The Balaban J connectivity index is 1.95. The minimum Gasteiger partial charge on any atom is -0.492 e. The Kier molecular flexibility index (Phi) is 4.93. The first-order chi connectivity index (χ1) is 13.7. The number of fused-ring (bicyclic) bond motifs is 1. The summed E-state index contributed by atoms with van der Waals surface area (Å²) in [5.41, 5.74) is 3.20. The Morgan fingerprint density at radius 1 is 1.18 bits per heavy atom. The third kappa shape index (κ3) is 3.41. The molecule has 2 aromatic carbocycles. The Morgan fingerprint density at radius 3 is 2.79 bits per heavy atom. The number of aromatic nitrogens is 2. The molecule has 1 aliphatic heterocycles. The van der Waals surface area contributed by atoms with E-state index in [9.17, 15) is 4.39 Å². The summed E-state index contributed by atoms with van der Waals surface area (Å²) >= 11 is 0. The van der Waals surface area contributed by atoms with Crippen molar-refractivity contribution in [3.05, 3.63) is 66.3 Å². The van der Waals surface area contributed by atoms with Crippen LogP contribution in [0.5, 0.6) is 5.75 Å². The molecule has 0 unspecified atom stereocenters. The summed E-state index contributed by atoms with van der Waals surface area (Å²) in [6.45, 7) is 3.16. The van der Waals surface area contributed by atoms with E-state index in [0.29, 0.717) is 29.5 Å². The van der Waals surface area contributed by atoms with Gasteiger partial charge in [-0.25, -0.2) is 14.4 Å². The molecule has 0 bridgehead atoms. The molecule has 3 aromatic rings. The van der Waals surface area contributed by atoms with Crippen LogP contribution in [0.15, 0.2) is 54.6 Å². The number of rotatable bonds is 5. The number of halogens is 1. The van der Waals surface area contributed by atoms with Gasteiger partial charge in [-0.2, -0.15) is 0 Å². The lowest BCUT2D eigenvalue weighted by Gasteiger charge is -2.16. The average Bonchev–Trinajstić information content (AvgIpc) is 2.73. The van der Waals surface area contributed by atoms with E-state index in [1.54, 1.807) is 6.07 Å². The highest BCUT2D eigenvalue weighted by atomic mass is 19.1. The first-order valence-corrected chi connectivity index (χ1v) is 9.23. The molecule has 0 radical (unpaired) electrons. The Hall–Kier alpha value is -3.41. The van der Waals surface area contributed by atoms with Crippen molar-refractivity contribution in [1.29, 1.82) is 0 Å². The van der Waals surface area contributed by atoms with Crippen LogP contribution >= 0.6 is 0 Å². The van der Waals surface area contributed by atoms with E-state index in [0.717, 1.165) is 28.8 Å². The molecule has 0 saturated carbocycles. The van der Waals surface area contributed by atoms with Gasteiger partial charge < -0.3 is 15.4 Å². The van der Waals surface area contributed by atoms with Crippen molar-refractivity contribution in [1.82, 2.24) is 15.3 Å². The van der Waals surface area contributed by atoms with Gasteiger partial charge in [0.2, 0.25) is 0 Å². The molecule has 28 heavy (non-hydrogen) atoms. The van der Waals surface area contributed by atoms with Crippen LogP contribution in [0.25, 0.3) is 27.7 Å². The maximum absolute atomic E-state index is 13.7. The minimum atomic E-state index is -0.278. The van der Waals surface area contributed by atoms with Crippen molar-refractivity contribution in [2.24, 2.45) is 0 Å². The molecule has 142 valence electrons. The summed E-state index contributed by atoms with van der Waals surface area (Å²) in [6, 6.07) is 10.4. The number of nitrogens with one attached hydrogen (secondary N) is 2. The molecule has 1 aromatic heterocycles. The van der Waals surface area contributed by atoms with Gasteiger partial charge in [-0.3, -0.25) is 0 Å². The predicted octanol–water partition coefficient (Wildman–Crippen LogP) is 4.38. The van der Waals surface area contributed by atoms with Gasteiger partial charge in [-0.15, -0.1) is 0 Å². The summed E-state index contributed by atoms with van der Waals surface area (Å²) in [4.78, 5) is 9.44. The van der Waals surface area contributed by atoms with Crippen LogP contribution < -0.4 is 15.4 Å². The normalized spacial score (nSPS) is 13.2. The van der Waals surface area contributed by atoms with Crippen molar-refractivity contribution >= 4 is 22.4 Å². The van der Waals surface area contributed by atoms with Crippen molar-refractivity contribution < 1.29 is 9.13 Å². The number of nitrogens with zero attached hydrogens (tertiary/aromatic N) is 2. The van der Waals surface area contributed by atoms with Crippen molar-refractivity contribution in [2.75, 3.05) is 25.5 Å². The van der Waals surface area contributed by atoms with Gasteiger partial charge in [0.25, 0.3) is 0 Å². The molecule has 5 nitrogen and oxygen atoms in total. The Labute approximate surface area is 163 Å². The summed E-state index contributed by atoms with van der Waals surface area (Å²) in [5, 5.41) is 7.26. The molecular formula is C22H21FN4O. The quantitative estimate of drug-likeness (QED) is 0.692. The molecule has 4 rings (SSSR count). The Morgan fingerprint density at radius 2 is 2.07 bits per heavy atom. The fourth-order valence-electron chi connectivity index (χ4n) is 3.23. The van der Waals surface area contributed by atoms with E-state index >= 15 is 0 Å². The van der Waals surface area contributed by atoms with E-state index in [1.165, 1.54) is 12.1 Å². The van der Waals surface area contributed by atoms with E-state index in [4.69, 9.17) is 9.72 Å². The lowest BCUT2D eigenvalue weighted by atomic mass is 10.0. The zero-order valence-electron chi connectivity index (χ0n) is 15.8. The molecule has 0 fully saturated rings. The predicted molar refractivity (Wildman–Crippen MR) is 111 cm³/mol. The second-order valence-electron chi connectivity index (χ2n) is 6.35. The van der Waals surface area contributed by atoms with Gasteiger partial charge in [-0.1, -0.05) is 24.3 Å². The van der Waals surface area contributed by atoms with Gasteiger partial charge in [-0.05, 0) is 48.4 Å². The fourth-order valence-corrected chi connectivity index (χ4v) is 3.23. The smallest absolute Gasteiger partial charge is 0.178 e. The third-order valence-corrected chi connectivity index (χ3v) is 4.51. The highest BCUT2D eigenvalue weighted by Gasteiger charge is 2.16. The lowest BCUT2D eigenvalue weighted by Crippen LogP contribution is -2.17. The minimum absolute atomic E-state index is 0.278. The van der Waals surface area contributed by atoms with Gasteiger partial charge in [0, 0.05) is 19.0 Å². The highest BCUT2D eigenvalue weighted by Crippen LogP contribution is 2.35. The number of allylic oxidation sites excluding steroid dienone is 2. The standard InChI is InChI=1S/C22H21FN4O/c1-3-28-19-13-15(14-7-6-8-16(23)11-14)12-17-20(19)26-22(27-21(17)24-2)18-9-4-5-10-25-18/h4-9,11-13,25H,3,10H2,1-2H3,(H,24,26,27). The van der Waals surface area contributed by atoms with E-state index in [2.05, 4.69) is 15.6 Å². The van der Waals surface area contributed by atoms with E-state index < -0.39 is 0 Å². The summed E-state index contributed by atoms with van der Waals surface area (Å²) in [6.07, 6.45) is 5.96. The first kappa shape index (κ1) is 18.0. The molecule has 0 atom stereocenters. The van der Waals surface area contributed by atoms with Gasteiger partial charge in [0.05, 0.1) is 12.3 Å². The van der Waals surface area contributed by atoms with Crippen LogP contribution in [0.2, 0.25) is 0 Å². The zero-order valence-corrected chi connectivity index (χ0v) is 15.8. The molecule has 2 heterocycles. The molecular weight excluding hydrogens is 355 g/mol. The summed E-state index contributed by atoms with van der Waals surface area (Å²) < 4.78 is 19.6. The molecule has 0 amide bonds. The first-order valence-electron chi connectivity index (χ1n) is 9.23. The van der Waals surface area contributed by atoms with Crippen molar-refractivity contribution in [3.63, 3.8) is 0 Å². The SMILES string of the molecule is CCOc1cc(-c2cccc(F)c2)cc2c(NC)nc(C3=CC=CCN3)nc12. The largest absolute Gasteiger partial charge is 0.492 e. The fraction of sp³-hybridized carbons (Fsp3) is 0.182. The van der Waals surface area contributed by atoms with E-state index in [-0.39, 0.29) is 5.82 Å². The summed E-state index contributed by atoms with van der Waals surface area (Å²) in [5.74, 6) is 1.66. The van der Waals surface area contributed by atoms with Gasteiger partial charge >= 0.3 is 0 Å². The van der Waals surface area contributed by atoms with Crippen LogP contribution in [0.1, 0.15) is 12.7 Å². The number of hydrogen-bond donors (Lipinski definition) is 2. The molecule has 2 N–H and O–H groups in total. The number of anilines is 1. The molecule has 1 aliphatic rings. The van der Waals surface area contributed by atoms with Crippen LogP contribution in [-0.2, 0) is 0 Å². The molecule has 6 heteroatoms. The van der Waals surface area contributed by atoms with Gasteiger partial charge in [0.1, 0.15) is 22.9 Å². The summed E-state index contributed by atoms with van der Waals surface area (Å²) in [7, 11) is 1.82. The second kappa shape index (κ2) is 7.68. The Bertz CT molecular complexity index is 1090. The monoisotopic (exact) mass is 376 g/mol. The average molecular weight is 376 g/mol. The molecule has 0 aliphatic carbocycles. The topological polar surface area (TPSA) is 59.1 Å². The highest BCUT2D eigenvalue weighted by molar-refractivity contribution is 5.97. The number of benzene rings is 2. The lowest BCUT2D eigenvalue weighted by molar-refractivity contribution is 0.343. The second-order valence-corrected chi connectivity index (χ2v) is 6.35. The third-order valence-electron chi connectivity index (χ3n) is 4.51. The molecule has 0 saturated heterocycles. The van der Waals surface area contributed by atoms with Gasteiger partial charge in [0.15, 0.2) is 5.82 Å². The maximum atomic E-state index is 13.7. The molecule has 0 spiro atoms. The van der Waals surface area contributed by atoms with Crippen LogP contribution in [0.4, 0.5) is 10.2 Å². The number of dihydropyridines is 1. The maximum Gasteiger partial charge on any atom is 0.178 e. The zero-order chi connectivity index (χ0) is 19.5. The number of hydrogen-bond acceptors (Lipinski definition) is 5. The van der Waals surface area contributed by atoms with Crippen molar-refractivity contribution in [3.8, 4) is 16.9 Å². The van der Waals surface area contributed by atoms with Crippen LogP contribution in [-0.4, -0.2) is 30.2 Å².